The number of esters is 1. The van der Waals surface area contributed by atoms with E-state index < -0.39 is 5.97 Å². The molecule has 0 spiro atoms. The zero-order chi connectivity index (χ0) is 29.8. The summed E-state index contributed by atoms with van der Waals surface area (Å²) in [6.07, 6.45) is 3.73. The second-order valence-electron chi connectivity index (χ2n) is 10.1. The Labute approximate surface area is 244 Å². The number of nitrogens with one attached hydrogen (secondary N) is 2. The zero-order valence-corrected chi connectivity index (χ0v) is 23.9. The van der Waals surface area contributed by atoms with Crippen molar-refractivity contribution in [3.8, 4) is 11.5 Å². The highest BCUT2D eigenvalue weighted by Gasteiger charge is 2.30. The van der Waals surface area contributed by atoms with E-state index in [1.165, 1.54) is 19.6 Å². The smallest absolute Gasteiger partial charge is 0.337 e. The van der Waals surface area contributed by atoms with E-state index >= 15 is 0 Å². The summed E-state index contributed by atoms with van der Waals surface area (Å²) in [4.78, 5) is 41.7. The molecule has 2 amide bonds. The summed E-state index contributed by atoms with van der Waals surface area (Å²) >= 11 is 0. The van der Waals surface area contributed by atoms with E-state index in [0.717, 1.165) is 18.7 Å². The van der Waals surface area contributed by atoms with Crippen LogP contribution >= 0.6 is 0 Å². The normalized spacial score (nSPS) is 14.3. The molecule has 216 valence electrons. The molecule has 10 nitrogen and oxygen atoms in total. The first-order valence-electron chi connectivity index (χ1n) is 13.5. The minimum absolute atomic E-state index is 0.0341. The molecule has 2 aliphatic rings. The molecule has 42 heavy (non-hydrogen) atoms. The van der Waals surface area contributed by atoms with Crippen molar-refractivity contribution < 1.29 is 28.6 Å². The minimum Gasteiger partial charge on any atom is -0.465 e. The third kappa shape index (κ3) is 5.98. The maximum atomic E-state index is 13.4. The number of carbonyl (C=O) groups is 3. The third-order valence-corrected chi connectivity index (χ3v) is 6.93. The van der Waals surface area contributed by atoms with Gasteiger partial charge in [-0.05, 0) is 81.7 Å². The Morgan fingerprint density at radius 2 is 1.62 bits per heavy atom. The Bertz CT molecular complexity index is 1590. The average molecular weight is 569 g/mol. The van der Waals surface area contributed by atoms with Gasteiger partial charge in [-0.25, -0.2) is 4.79 Å². The number of benzene rings is 3. The predicted octanol–water partition coefficient (Wildman–Crippen LogP) is 4.95. The third-order valence-electron chi connectivity index (χ3n) is 6.93. The van der Waals surface area contributed by atoms with Gasteiger partial charge in [-0.1, -0.05) is 6.07 Å². The number of ether oxygens (including phenoxy) is 3. The van der Waals surface area contributed by atoms with Gasteiger partial charge in [0.15, 0.2) is 11.5 Å². The Morgan fingerprint density at radius 3 is 2.31 bits per heavy atom. The van der Waals surface area contributed by atoms with Gasteiger partial charge in [-0.2, -0.15) is 0 Å². The van der Waals surface area contributed by atoms with Crippen LogP contribution in [0.4, 0.5) is 17.1 Å². The van der Waals surface area contributed by atoms with E-state index in [0.29, 0.717) is 57.4 Å². The first-order chi connectivity index (χ1) is 20.2. The zero-order valence-electron chi connectivity index (χ0n) is 23.9. The highest BCUT2D eigenvalue weighted by molar-refractivity contribution is 6.37. The number of nitrogens with zero attached hydrogens (tertiary/aromatic N) is 2. The van der Waals surface area contributed by atoms with Gasteiger partial charge in [0, 0.05) is 36.0 Å². The van der Waals surface area contributed by atoms with Gasteiger partial charge >= 0.3 is 5.97 Å². The molecule has 2 heterocycles. The summed E-state index contributed by atoms with van der Waals surface area (Å²) in [7, 11) is 5.32. The van der Waals surface area contributed by atoms with Crippen molar-refractivity contribution in [1.29, 1.82) is 0 Å². The highest BCUT2D eigenvalue weighted by atomic mass is 16.5. The van der Waals surface area contributed by atoms with Gasteiger partial charge < -0.3 is 34.6 Å². The molecule has 0 radical (unpaired) electrons. The van der Waals surface area contributed by atoms with Crippen LogP contribution in [-0.4, -0.2) is 57.0 Å². The molecule has 0 aromatic heterocycles. The van der Waals surface area contributed by atoms with Crippen LogP contribution in [0.3, 0.4) is 0 Å². The molecular formula is C32H32N4O6. The van der Waals surface area contributed by atoms with Gasteiger partial charge in [-0.15, -0.1) is 0 Å². The molecule has 0 fully saturated rings. The van der Waals surface area contributed by atoms with Crippen molar-refractivity contribution in [2.45, 2.75) is 13.3 Å². The minimum atomic E-state index is -0.496. The topological polar surface area (TPSA) is 109 Å². The quantitative estimate of drug-likeness (QED) is 0.276. The summed E-state index contributed by atoms with van der Waals surface area (Å²) in [6, 6.07) is 17.8. The van der Waals surface area contributed by atoms with E-state index in [4.69, 9.17) is 14.2 Å². The van der Waals surface area contributed by atoms with Crippen LogP contribution in [0.1, 0.15) is 34.8 Å². The summed E-state index contributed by atoms with van der Waals surface area (Å²) in [5.41, 5.74) is 4.56. The molecule has 2 aliphatic heterocycles. The van der Waals surface area contributed by atoms with Crippen LogP contribution in [0.5, 0.6) is 11.5 Å². The van der Waals surface area contributed by atoms with Crippen LogP contribution in [0.25, 0.3) is 11.3 Å². The molecule has 0 unspecified atom stereocenters. The fourth-order valence-electron chi connectivity index (χ4n) is 4.88. The standard InChI is InChI=1S/C32H32N4O6/c1-20(37)36(15-5-14-35(2)3)24-10-8-23(9-11-24)33-30(21-7-13-27-28(19-21)42-17-16-41-27)29-25-12-6-22(32(39)40-4)18-26(25)34-31(29)38/h6-13,16-19,33H,5,14-15H2,1-4H3,(H,34,38)/b30-29-. The fraction of sp³-hybridized carbons (Fsp3) is 0.219. The molecular weight excluding hydrogens is 536 g/mol. The van der Waals surface area contributed by atoms with Gasteiger partial charge in [0.05, 0.1) is 29.6 Å². The number of hydrogen-bond acceptors (Lipinski definition) is 8. The van der Waals surface area contributed by atoms with E-state index in [1.54, 1.807) is 42.2 Å². The number of rotatable bonds is 9. The van der Waals surface area contributed by atoms with Gasteiger partial charge in [-0.3, -0.25) is 9.59 Å². The van der Waals surface area contributed by atoms with Gasteiger partial charge in [0.25, 0.3) is 5.91 Å². The summed E-state index contributed by atoms with van der Waals surface area (Å²) < 4.78 is 16.0. The summed E-state index contributed by atoms with van der Waals surface area (Å²) in [5.74, 6) is 0.189. The Balaban J connectivity index is 1.53. The monoisotopic (exact) mass is 568 g/mol. The number of fused-ring (bicyclic) bond motifs is 2. The van der Waals surface area contributed by atoms with E-state index in [2.05, 4.69) is 15.5 Å². The number of carbonyl (C=O) groups excluding carboxylic acids is 3. The van der Waals surface area contributed by atoms with Gasteiger partial charge in [0.1, 0.15) is 12.5 Å². The highest BCUT2D eigenvalue weighted by Crippen LogP contribution is 2.40. The first-order valence-corrected chi connectivity index (χ1v) is 13.5. The lowest BCUT2D eigenvalue weighted by atomic mass is 9.98. The van der Waals surface area contributed by atoms with Crippen molar-refractivity contribution in [1.82, 2.24) is 4.90 Å². The van der Waals surface area contributed by atoms with Crippen LogP contribution < -0.4 is 25.0 Å². The van der Waals surface area contributed by atoms with Crippen LogP contribution in [0.15, 0.2) is 73.2 Å². The Hall–Kier alpha value is -5.09. The van der Waals surface area contributed by atoms with E-state index in [-0.39, 0.29) is 11.8 Å². The largest absolute Gasteiger partial charge is 0.465 e. The van der Waals surface area contributed by atoms with E-state index in [9.17, 15) is 14.4 Å². The van der Waals surface area contributed by atoms with Crippen LogP contribution in [-0.2, 0) is 14.3 Å². The van der Waals surface area contributed by atoms with Crippen LogP contribution in [0, 0.1) is 0 Å². The Morgan fingerprint density at radius 1 is 0.905 bits per heavy atom. The van der Waals surface area contributed by atoms with Crippen molar-refractivity contribution in [2.24, 2.45) is 0 Å². The molecule has 0 saturated heterocycles. The molecule has 3 aromatic rings. The van der Waals surface area contributed by atoms with Crippen molar-refractivity contribution >= 4 is 46.1 Å². The predicted molar refractivity (Wildman–Crippen MR) is 161 cm³/mol. The lowest BCUT2D eigenvalue weighted by Crippen LogP contribution is -2.31. The SMILES string of the molecule is COC(=O)c1ccc2c(c1)NC(=O)/C2=C(\Nc1ccc(N(CCCN(C)C)C(C)=O)cc1)c1ccc2c(c1)OC=CO2. The molecule has 0 bridgehead atoms. The van der Waals surface area contributed by atoms with E-state index in [1.807, 2.05) is 44.4 Å². The molecule has 3 aromatic carbocycles. The summed E-state index contributed by atoms with van der Waals surface area (Å²) in [5, 5.41) is 6.29. The molecule has 0 aliphatic carbocycles. The molecule has 10 heteroatoms. The maximum Gasteiger partial charge on any atom is 0.337 e. The van der Waals surface area contributed by atoms with Crippen molar-refractivity contribution in [3.63, 3.8) is 0 Å². The fourth-order valence-corrected chi connectivity index (χ4v) is 4.88. The summed E-state index contributed by atoms with van der Waals surface area (Å²) in [6.45, 7) is 3.03. The lowest BCUT2D eigenvalue weighted by molar-refractivity contribution is -0.116. The van der Waals surface area contributed by atoms with Crippen LogP contribution in [0.2, 0.25) is 0 Å². The molecule has 0 saturated carbocycles. The number of hydrogen-bond donors (Lipinski definition) is 2. The molecule has 2 N–H and O–H groups in total. The Kier molecular flexibility index (Phi) is 8.26. The molecule has 0 atom stereocenters. The first kappa shape index (κ1) is 28.4. The maximum absolute atomic E-state index is 13.4. The molecule has 5 rings (SSSR count). The van der Waals surface area contributed by atoms with Crippen molar-refractivity contribution in [3.05, 3.63) is 89.9 Å². The average Bonchev–Trinajstić information content (AvgIpc) is 3.32. The second-order valence-corrected chi connectivity index (χ2v) is 10.1. The number of anilines is 3. The number of methoxy groups -OCH3 is 1. The second kappa shape index (κ2) is 12.2. The lowest BCUT2D eigenvalue weighted by Gasteiger charge is -2.23. The van der Waals surface area contributed by atoms with Crippen molar-refractivity contribution in [2.75, 3.05) is 49.8 Å². The number of amides is 2. The van der Waals surface area contributed by atoms with Gasteiger partial charge in [0.2, 0.25) is 5.91 Å².